The van der Waals surface area contributed by atoms with Crippen LogP contribution in [0.5, 0.6) is 5.75 Å². The minimum absolute atomic E-state index is 0.0145. The lowest BCUT2D eigenvalue weighted by molar-refractivity contribution is -0.0493. The molecule has 2 aromatic rings. The molecule has 8 heteroatoms. The Balaban J connectivity index is 2.00. The zero-order valence-corrected chi connectivity index (χ0v) is 14.1. The molecule has 5 nitrogen and oxygen atoms in total. The van der Waals surface area contributed by atoms with Crippen molar-refractivity contribution in [2.45, 2.75) is 13.5 Å². The Morgan fingerprint density at radius 2 is 1.80 bits per heavy atom. The standard InChI is InChI=1S/C17H16F2N2O3S/c1-2-23-15(22)11-7-9-12(10-8-11)20-17(25)21-13-5-3-4-6-14(13)24-16(18)19/h3-10,16H,2H2,1H3,(H2,20,21,25). The van der Waals surface area contributed by atoms with Crippen molar-refractivity contribution in [3.8, 4) is 5.75 Å². The first-order valence-corrected chi connectivity index (χ1v) is 7.79. The van der Waals surface area contributed by atoms with Gasteiger partial charge >= 0.3 is 12.6 Å². The first kappa shape index (κ1) is 18.6. The van der Waals surface area contributed by atoms with Gasteiger partial charge in [-0.2, -0.15) is 8.78 Å². The molecule has 0 saturated carbocycles. The number of esters is 1. The number of alkyl halides is 2. The van der Waals surface area contributed by atoms with Crippen LogP contribution in [0, 0.1) is 0 Å². The summed E-state index contributed by atoms with van der Waals surface area (Å²) < 4.78 is 34.1. The fourth-order valence-corrected chi connectivity index (χ4v) is 2.19. The maximum Gasteiger partial charge on any atom is 0.387 e. The summed E-state index contributed by atoms with van der Waals surface area (Å²) in [5.74, 6) is -0.424. The summed E-state index contributed by atoms with van der Waals surface area (Å²) in [5, 5.41) is 5.88. The van der Waals surface area contributed by atoms with Crippen molar-refractivity contribution in [1.82, 2.24) is 0 Å². The fraction of sp³-hybridized carbons (Fsp3) is 0.176. The third-order valence-corrected chi connectivity index (χ3v) is 3.21. The number of rotatable bonds is 6. The van der Waals surface area contributed by atoms with Crippen molar-refractivity contribution < 1.29 is 23.0 Å². The minimum atomic E-state index is -2.93. The Morgan fingerprint density at radius 1 is 1.12 bits per heavy atom. The smallest absolute Gasteiger partial charge is 0.387 e. The molecule has 0 fully saturated rings. The fourth-order valence-electron chi connectivity index (χ4n) is 1.96. The molecular formula is C17H16F2N2O3S. The predicted octanol–water partition coefficient (Wildman–Crippen LogP) is 4.27. The molecule has 2 N–H and O–H groups in total. The number of anilines is 2. The number of hydrogen-bond acceptors (Lipinski definition) is 4. The largest absolute Gasteiger partial charge is 0.462 e. The van der Waals surface area contributed by atoms with E-state index in [0.29, 0.717) is 23.5 Å². The lowest BCUT2D eigenvalue weighted by atomic mass is 10.2. The van der Waals surface area contributed by atoms with Gasteiger partial charge in [0.2, 0.25) is 0 Å². The third-order valence-electron chi connectivity index (χ3n) is 3.01. The molecule has 0 spiro atoms. The molecule has 0 bridgehead atoms. The average molecular weight is 366 g/mol. The van der Waals surface area contributed by atoms with Gasteiger partial charge in [0.25, 0.3) is 0 Å². The van der Waals surface area contributed by atoms with Gasteiger partial charge in [-0.25, -0.2) is 4.79 Å². The summed E-state index contributed by atoms with van der Waals surface area (Å²) in [5.41, 5.74) is 1.35. The van der Waals surface area contributed by atoms with Gasteiger partial charge in [-0.05, 0) is 55.5 Å². The number of halogens is 2. The summed E-state index contributed by atoms with van der Waals surface area (Å²) in [6, 6.07) is 12.7. The maximum atomic E-state index is 12.4. The van der Waals surface area contributed by atoms with E-state index < -0.39 is 12.6 Å². The summed E-state index contributed by atoms with van der Waals surface area (Å²) in [6.07, 6.45) is 0. The number of carbonyl (C=O) groups is 1. The Kier molecular flexibility index (Phi) is 6.64. The second-order valence-electron chi connectivity index (χ2n) is 4.75. The summed E-state index contributed by atoms with van der Waals surface area (Å²) in [7, 11) is 0. The number of carbonyl (C=O) groups excluding carboxylic acids is 1. The molecule has 0 amide bonds. The summed E-state index contributed by atoms with van der Waals surface area (Å²) in [6.45, 7) is -0.902. The normalized spacial score (nSPS) is 10.2. The molecule has 0 radical (unpaired) electrons. The van der Waals surface area contributed by atoms with E-state index >= 15 is 0 Å². The highest BCUT2D eigenvalue weighted by Crippen LogP contribution is 2.25. The second kappa shape index (κ2) is 8.93. The highest BCUT2D eigenvalue weighted by atomic mass is 32.1. The van der Waals surface area contributed by atoms with E-state index in [1.54, 1.807) is 49.4 Å². The number of nitrogens with one attached hydrogen (secondary N) is 2. The zero-order valence-electron chi connectivity index (χ0n) is 13.3. The number of benzene rings is 2. The summed E-state index contributed by atoms with van der Waals surface area (Å²) >= 11 is 5.16. The van der Waals surface area contributed by atoms with Gasteiger partial charge in [-0.15, -0.1) is 0 Å². The Hall–Kier alpha value is -2.74. The van der Waals surface area contributed by atoms with Crippen LogP contribution in [0.3, 0.4) is 0 Å². The van der Waals surface area contributed by atoms with Gasteiger partial charge < -0.3 is 20.1 Å². The van der Waals surface area contributed by atoms with E-state index in [0.717, 1.165) is 0 Å². The molecular weight excluding hydrogens is 350 g/mol. The van der Waals surface area contributed by atoms with Gasteiger partial charge in [-0.1, -0.05) is 12.1 Å². The van der Waals surface area contributed by atoms with Crippen molar-refractivity contribution in [2.24, 2.45) is 0 Å². The molecule has 0 aromatic heterocycles. The van der Waals surface area contributed by atoms with E-state index in [1.807, 2.05) is 0 Å². The first-order chi connectivity index (χ1) is 12.0. The Labute approximate surface area is 148 Å². The van der Waals surface area contributed by atoms with Crippen LogP contribution in [0.15, 0.2) is 48.5 Å². The number of ether oxygens (including phenoxy) is 2. The lowest BCUT2D eigenvalue weighted by Gasteiger charge is -2.14. The summed E-state index contributed by atoms with van der Waals surface area (Å²) in [4.78, 5) is 11.6. The average Bonchev–Trinajstić information content (AvgIpc) is 2.57. The SMILES string of the molecule is CCOC(=O)c1ccc(NC(=S)Nc2ccccc2OC(F)F)cc1. The molecule has 2 aromatic carbocycles. The molecule has 0 unspecified atom stereocenters. The van der Waals surface area contributed by atoms with E-state index in [2.05, 4.69) is 15.4 Å². The predicted molar refractivity (Wildman–Crippen MR) is 95.3 cm³/mol. The molecule has 0 aliphatic carbocycles. The van der Waals surface area contributed by atoms with Crippen LogP contribution in [-0.2, 0) is 4.74 Å². The van der Waals surface area contributed by atoms with Crippen LogP contribution >= 0.6 is 12.2 Å². The number of hydrogen-bond donors (Lipinski definition) is 2. The van der Waals surface area contributed by atoms with Crippen LogP contribution in [0.1, 0.15) is 17.3 Å². The maximum absolute atomic E-state index is 12.4. The van der Waals surface area contributed by atoms with Crippen molar-refractivity contribution in [3.63, 3.8) is 0 Å². The van der Waals surface area contributed by atoms with Gasteiger partial charge in [-0.3, -0.25) is 0 Å². The van der Waals surface area contributed by atoms with E-state index in [-0.39, 0.29) is 10.9 Å². The topological polar surface area (TPSA) is 59.6 Å². The van der Waals surface area contributed by atoms with Crippen molar-refractivity contribution in [1.29, 1.82) is 0 Å². The molecule has 25 heavy (non-hydrogen) atoms. The second-order valence-corrected chi connectivity index (χ2v) is 5.16. The van der Waals surface area contributed by atoms with Crippen molar-refractivity contribution >= 4 is 34.7 Å². The van der Waals surface area contributed by atoms with Crippen molar-refractivity contribution in [2.75, 3.05) is 17.2 Å². The molecule has 0 saturated heterocycles. The molecule has 0 aliphatic rings. The van der Waals surface area contributed by atoms with Crippen LogP contribution in [-0.4, -0.2) is 24.3 Å². The lowest BCUT2D eigenvalue weighted by Crippen LogP contribution is -2.20. The molecule has 0 heterocycles. The first-order valence-electron chi connectivity index (χ1n) is 7.38. The van der Waals surface area contributed by atoms with E-state index in [4.69, 9.17) is 17.0 Å². The zero-order chi connectivity index (χ0) is 18.2. The van der Waals surface area contributed by atoms with Gasteiger partial charge in [0.1, 0.15) is 5.75 Å². The van der Waals surface area contributed by atoms with Gasteiger partial charge in [0.15, 0.2) is 5.11 Å². The van der Waals surface area contributed by atoms with Crippen LogP contribution < -0.4 is 15.4 Å². The van der Waals surface area contributed by atoms with Crippen molar-refractivity contribution in [3.05, 3.63) is 54.1 Å². The van der Waals surface area contributed by atoms with Crippen LogP contribution in [0.4, 0.5) is 20.2 Å². The number of thiocarbonyl (C=S) groups is 1. The highest BCUT2D eigenvalue weighted by Gasteiger charge is 2.10. The van der Waals surface area contributed by atoms with E-state index in [9.17, 15) is 13.6 Å². The minimum Gasteiger partial charge on any atom is -0.462 e. The Morgan fingerprint density at radius 3 is 2.44 bits per heavy atom. The molecule has 132 valence electrons. The van der Waals surface area contributed by atoms with Crippen LogP contribution in [0.2, 0.25) is 0 Å². The van der Waals surface area contributed by atoms with Gasteiger partial charge in [0, 0.05) is 5.69 Å². The Bertz CT molecular complexity index is 739. The molecule has 0 atom stereocenters. The van der Waals surface area contributed by atoms with Gasteiger partial charge in [0.05, 0.1) is 17.9 Å². The molecule has 2 rings (SSSR count). The number of para-hydroxylation sites is 2. The monoisotopic (exact) mass is 366 g/mol. The quantitative estimate of drug-likeness (QED) is 0.588. The van der Waals surface area contributed by atoms with E-state index in [1.165, 1.54) is 6.07 Å². The highest BCUT2D eigenvalue weighted by molar-refractivity contribution is 7.80. The molecule has 0 aliphatic heterocycles. The van der Waals surface area contributed by atoms with Crippen LogP contribution in [0.25, 0.3) is 0 Å². The third kappa shape index (κ3) is 5.68.